The predicted molar refractivity (Wildman–Crippen MR) is 73.1 cm³/mol. The Labute approximate surface area is 115 Å². The lowest BCUT2D eigenvalue weighted by Crippen LogP contribution is -1.99. The van der Waals surface area contributed by atoms with Gasteiger partial charge in [-0.3, -0.25) is 10.1 Å². The van der Waals surface area contributed by atoms with E-state index in [4.69, 9.17) is 10.3 Å². The Morgan fingerprint density at radius 2 is 2.20 bits per heavy atom. The van der Waals surface area contributed by atoms with Crippen LogP contribution in [0.3, 0.4) is 0 Å². The lowest BCUT2D eigenvalue weighted by atomic mass is 10.1. The number of rotatable bonds is 6. The molecule has 0 spiro atoms. The number of unbranched alkanes of at least 4 members (excludes halogenated alkanes) is 1. The second-order valence-corrected chi connectivity index (χ2v) is 4.51. The minimum atomic E-state index is -0.439. The average molecular weight is 276 g/mol. The average Bonchev–Trinajstić information content (AvgIpc) is 2.88. The molecular weight excluding hydrogens is 260 g/mol. The number of benzene rings is 1. The van der Waals surface area contributed by atoms with Gasteiger partial charge in [0.05, 0.1) is 4.92 Å². The first-order valence-corrected chi connectivity index (χ1v) is 6.40. The van der Waals surface area contributed by atoms with Gasteiger partial charge in [0.15, 0.2) is 0 Å². The molecule has 0 amide bonds. The predicted octanol–water partition coefficient (Wildman–Crippen LogP) is 2.23. The maximum absolute atomic E-state index is 10.8. The first-order chi connectivity index (χ1) is 9.61. The first kappa shape index (κ1) is 14.1. The quantitative estimate of drug-likeness (QED) is 0.492. The van der Waals surface area contributed by atoms with E-state index in [0.29, 0.717) is 30.2 Å². The monoisotopic (exact) mass is 276 g/mol. The third kappa shape index (κ3) is 3.18. The van der Waals surface area contributed by atoms with E-state index in [2.05, 4.69) is 10.1 Å². The zero-order chi connectivity index (χ0) is 14.5. The van der Waals surface area contributed by atoms with Crippen LogP contribution >= 0.6 is 0 Å². The summed E-state index contributed by atoms with van der Waals surface area (Å²) in [6.45, 7) is 2.48. The molecule has 0 aliphatic carbocycles. The molecule has 20 heavy (non-hydrogen) atoms. The van der Waals surface area contributed by atoms with Crippen LogP contribution < -0.4 is 5.73 Å². The Kier molecular flexibility index (Phi) is 4.41. The maximum Gasteiger partial charge on any atom is 0.270 e. The van der Waals surface area contributed by atoms with Gasteiger partial charge in [0.25, 0.3) is 5.69 Å². The highest BCUT2D eigenvalue weighted by molar-refractivity contribution is 5.63. The molecule has 2 rings (SSSR count). The van der Waals surface area contributed by atoms with Crippen molar-refractivity contribution in [1.82, 2.24) is 10.1 Å². The Balaban J connectivity index is 2.23. The summed E-state index contributed by atoms with van der Waals surface area (Å²) in [7, 11) is 0. The van der Waals surface area contributed by atoms with E-state index >= 15 is 0 Å². The number of hydrogen-bond donors (Lipinski definition) is 1. The van der Waals surface area contributed by atoms with Gasteiger partial charge in [-0.05, 0) is 31.9 Å². The molecule has 0 saturated carbocycles. The van der Waals surface area contributed by atoms with Crippen LogP contribution in [-0.2, 0) is 6.42 Å². The molecule has 0 saturated heterocycles. The molecule has 0 aliphatic heterocycles. The molecule has 0 aliphatic rings. The number of nitrogens with zero attached hydrogens (tertiary/aromatic N) is 3. The first-order valence-electron chi connectivity index (χ1n) is 6.40. The molecule has 0 radical (unpaired) electrons. The molecule has 1 aromatic carbocycles. The lowest BCUT2D eigenvalue weighted by Gasteiger charge is -2.00. The molecule has 1 heterocycles. The summed E-state index contributed by atoms with van der Waals surface area (Å²) >= 11 is 0. The smallest absolute Gasteiger partial charge is 0.270 e. The molecule has 1 aromatic heterocycles. The van der Waals surface area contributed by atoms with E-state index in [1.807, 2.05) is 6.92 Å². The Morgan fingerprint density at radius 3 is 2.90 bits per heavy atom. The van der Waals surface area contributed by atoms with Crippen LogP contribution in [0.2, 0.25) is 0 Å². The Morgan fingerprint density at radius 1 is 1.40 bits per heavy atom. The topological polar surface area (TPSA) is 108 Å². The number of aryl methyl sites for hydroxylation is 2. The van der Waals surface area contributed by atoms with Crippen LogP contribution in [0.4, 0.5) is 5.69 Å². The summed E-state index contributed by atoms with van der Waals surface area (Å²) in [4.78, 5) is 14.6. The van der Waals surface area contributed by atoms with Gasteiger partial charge in [-0.25, -0.2) is 0 Å². The molecule has 0 bridgehead atoms. The SMILES string of the molecule is Cc1ccc([N+](=O)[O-])cc1-c1noc(CCCCN)n1. The summed E-state index contributed by atoms with van der Waals surface area (Å²) in [5.74, 6) is 0.910. The number of aromatic nitrogens is 2. The van der Waals surface area contributed by atoms with Crippen LogP contribution in [-0.4, -0.2) is 21.6 Å². The molecule has 7 heteroatoms. The summed E-state index contributed by atoms with van der Waals surface area (Å²) in [5, 5.41) is 14.7. The minimum absolute atomic E-state index is 0.0140. The largest absolute Gasteiger partial charge is 0.339 e. The van der Waals surface area contributed by atoms with Gasteiger partial charge in [0.2, 0.25) is 11.7 Å². The second-order valence-electron chi connectivity index (χ2n) is 4.51. The van der Waals surface area contributed by atoms with Crippen molar-refractivity contribution in [2.75, 3.05) is 6.54 Å². The third-order valence-corrected chi connectivity index (χ3v) is 2.99. The van der Waals surface area contributed by atoms with E-state index in [1.54, 1.807) is 6.07 Å². The van der Waals surface area contributed by atoms with Crippen LogP contribution in [0.1, 0.15) is 24.3 Å². The van der Waals surface area contributed by atoms with E-state index in [1.165, 1.54) is 12.1 Å². The minimum Gasteiger partial charge on any atom is -0.339 e. The number of non-ortho nitro benzene ring substituents is 1. The molecule has 106 valence electrons. The van der Waals surface area contributed by atoms with Gasteiger partial charge in [-0.15, -0.1) is 0 Å². The van der Waals surface area contributed by atoms with Crippen LogP contribution in [0, 0.1) is 17.0 Å². The van der Waals surface area contributed by atoms with Crippen molar-refractivity contribution in [1.29, 1.82) is 0 Å². The van der Waals surface area contributed by atoms with E-state index in [9.17, 15) is 10.1 Å². The summed E-state index contributed by atoms with van der Waals surface area (Å²) in [5.41, 5.74) is 6.92. The second kappa shape index (κ2) is 6.25. The van der Waals surface area contributed by atoms with Gasteiger partial charge in [-0.2, -0.15) is 4.98 Å². The van der Waals surface area contributed by atoms with Gasteiger partial charge in [-0.1, -0.05) is 11.2 Å². The molecule has 2 aromatic rings. The Hall–Kier alpha value is -2.28. The number of nitrogens with two attached hydrogens (primary N) is 1. The fourth-order valence-electron chi connectivity index (χ4n) is 1.85. The van der Waals surface area contributed by atoms with Crippen molar-refractivity contribution in [3.8, 4) is 11.4 Å². The van der Waals surface area contributed by atoms with E-state index in [-0.39, 0.29) is 5.69 Å². The summed E-state index contributed by atoms with van der Waals surface area (Å²) in [6.07, 6.45) is 2.44. The van der Waals surface area contributed by atoms with Crippen molar-refractivity contribution in [2.45, 2.75) is 26.2 Å². The van der Waals surface area contributed by atoms with Gasteiger partial charge in [0.1, 0.15) is 0 Å². The zero-order valence-corrected chi connectivity index (χ0v) is 11.2. The van der Waals surface area contributed by atoms with Crippen molar-refractivity contribution < 1.29 is 9.45 Å². The molecule has 0 unspecified atom stereocenters. The van der Waals surface area contributed by atoms with Crippen LogP contribution in [0.25, 0.3) is 11.4 Å². The fourth-order valence-corrected chi connectivity index (χ4v) is 1.85. The Bertz CT molecular complexity index is 609. The van der Waals surface area contributed by atoms with Crippen molar-refractivity contribution in [3.05, 3.63) is 39.8 Å². The van der Waals surface area contributed by atoms with Crippen molar-refractivity contribution in [2.24, 2.45) is 5.73 Å². The normalized spacial score (nSPS) is 10.7. The summed E-state index contributed by atoms with van der Waals surface area (Å²) < 4.78 is 5.15. The number of nitro benzene ring substituents is 1. The highest BCUT2D eigenvalue weighted by Gasteiger charge is 2.15. The third-order valence-electron chi connectivity index (χ3n) is 2.99. The van der Waals surface area contributed by atoms with Gasteiger partial charge < -0.3 is 10.3 Å². The van der Waals surface area contributed by atoms with Gasteiger partial charge in [0, 0.05) is 24.1 Å². The molecule has 0 atom stereocenters. The molecule has 7 nitrogen and oxygen atoms in total. The van der Waals surface area contributed by atoms with E-state index < -0.39 is 4.92 Å². The maximum atomic E-state index is 10.8. The zero-order valence-electron chi connectivity index (χ0n) is 11.2. The lowest BCUT2D eigenvalue weighted by molar-refractivity contribution is -0.384. The van der Waals surface area contributed by atoms with Crippen molar-refractivity contribution in [3.63, 3.8) is 0 Å². The highest BCUT2D eigenvalue weighted by atomic mass is 16.6. The molecular formula is C13H16N4O3. The van der Waals surface area contributed by atoms with E-state index in [0.717, 1.165) is 18.4 Å². The van der Waals surface area contributed by atoms with Crippen LogP contribution in [0.15, 0.2) is 22.7 Å². The standard InChI is InChI=1S/C13H16N4O3/c1-9-5-6-10(17(18)19)8-11(9)13-15-12(20-16-13)4-2-3-7-14/h5-6,8H,2-4,7,14H2,1H3. The number of nitro groups is 1. The van der Waals surface area contributed by atoms with Crippen LogP contribution in [0.5, 0.6) is 0 Å². The fraction of sp³-hybridized carbons (Fsp3) is 0.385. The number of hydrogen-bond acceptors (Lipinski definition) is 6. The molecule has 2 N–H and O–H groups in total. The summed E-state index contributed by atoms with van der Waals surface area (Å²) in [6, 6.07) is 4.60. The highest BCUT2D eigenvalue weighted by Crippen LogP contribution is 2.25. The van der Waals surface area contributed by atoms with Crippen molar-refractivity contribution >= 4 is 5.69 Å². The van der Waals surface area contributed by atoms with Gasteiger partial charge >= 0.3 is 0 Å². The molecule has 0 fully saturated rings.